The summed E-state index contributed by atoms with van der Waals surface area (Å²) >= 11 is 0. The molecule has 3 aliphatic rings. The number of hydrogen-bond donors (Lipinski definition) is 3. The molecule has 200 valence electrons. The molecule has 0 saturated carbocycles. The molecule has 36 heavy (non-hydrogen) atoms. The number of carboxylic acids is 1. The fraction of sp³-hybridized carbons (Fsp3) is 0.654. The minimum absolute atomic E-state index is 0. The molecule has 0 bridgehead atoms. The van der Waals surface area contributed by atoms with E-state index >= 15 is 0 Å². The molecule has 2 saturated heterocycles. The highest BCUT2D eigenvalue weighted by Gasteiger charge is 2.30. The third-order valence-corrected chi connectivity index (χ3v) is 7.30. The van der Waals surface area contributed by atoms with E-state index in [1.54, 1.807) is 0 Å². The van der Waals surface area contributed by atoms with Gasteiger partial charge in [-0.3, -0.25) is 14.4 Å². The third kappa shape index (κ3) is 8.00. The molecule has 3 aliphatic heterocycles. The maximum absolute atomic E-state index is 13.0. The molecule has 1 aromatic carbocycles. The molecule has 9 nitrogen and oxygen atoms in total. The van der Waals surface area contributed by atoms with Crippen molar-refractivity contribution >= 4 is 30.2 Å². The first kappa shape index (κ1) is 28.1. The second-order valence-electron chi connectivity index (χ2n) is 9.96. The number of rotatable bonds is 10. The number of nitrogens with zero attached hydrogens (tertiary/aromatic N) is 1. The van der Waals surface area contributed by atoms with E-state index in [1.165, 1.54) is 6.42 Å². The lowest BCUT2D eigenvalue weighted by Crippen LogP contribution is -2.48. The average molecular weight is 524 g/mol. The van der Waals surface area contributed by atoms with E-state index in [2.05, 4.69) is 10.6 Å². The predicted molar refractivity (Wildman–Crippen MR) is 136 cm³/mol. The van der Waals surface area contributed by atoms with Crippen molar-refractivity contribution in [3.05, 3.63) is 23.8 Å². The van der Waals surface area contributed by atoms with Crippen molar-refractivity contribution in [2.75, 3.05) is 33.0 Å². The van der Waals surface area contributed by atoms with Crippen molar-refractivity contribution in [2.45, 2.75) is 63.8 Å². The van der Waals surface area contributed by atoms with Gasteiger partial charge in [-0.1, -0.05) is 6.07 Å². The number of aliphatic carboxylic acids is 1. The monoisotopic (exact) mass is 523 g/mol. The Hall–Kier alpha value is -2.52. The molecular weight excluding hydrogens is 486 g/mol. The number of nitrogens with one attached hydrogen (secondary N) is 2. The Bertz CT molecular complexity index is 908. The van der Waals surface area contributed by atoms with Crippen LogP contribution in [0.15, 0.2) is 18.2 Å². The SMILES string of the molecule is Cl.O=C(O)C[C@@H](CCc1ccc2c(c1)OCO2)NC(=O)[C@@H]1CCCN(C(=O)CCC2CCCNC2)C1. The molecule has 0 aromatic heterocycles. The van der Waals surface area contributed by atoms with Gasteiger partial charge in [0.05, 0.1) is 12.3 Å². The maximum atomic E-state index is 13.0. The van der Waals surface area contributed by atoms with Crippen LogP contribution < -0.4 is 20.1 Å². The largest absolute Gasteiger partial charge is 0.481 e. The van der Waals surface area contributed by atoms with Gasteiger partial charge in [0.25, 0.3) is 0 Å². The molecule has 2 amide bonds. The number of halogens is 1. The van der Waals surface area contributed by atoms with E-state index < -0.39 is 12.0 Å². The molecule has 4 rings (SSSR count). The Morgan fingerprint density at radius 3 is 2.78 bits per heavy atom. The number of carboxylic acid groups (broad SMARTS) is 1. The van der Waals surface area contributed by atoms with Gasteiger partial charge in [0.1, 0.15) is 0 Å². The molecule has 0 spiro atoms. The highest BCUT2D eigenvalue weighted by atomic mass is 35.5. The summed E-state index contributed by atoms with van der Waals surface area (Å²) in [5, 5.41) is 15.7. The van der Waals surface area contributed by atoms with Crippen LogP contribution in [0.1, 0.15) is 56.9 Å². The Kier molecular flexibility index (Phi) is 10.7. The number of carbonyl (C=O) groups is 3. The number of aryl methyl sites for hydroxylation is 1. The Morgan fingerprint density at radius 2 is 2.00 bits per heavy atom. The van der Waals surface area contributed by atoms with Gasteiger partial charge < -0.3 is 30.1 Å². The van der Waals surface area contributed by atoms with Crippen LogP contribution in [-0.2, 0) is 20.8 Å². The number of carbonyl (C=O) groups excluding carboxylic acids is 2. The highest BCUT2D eigenvalue weighted by Crippen LogP contribution is 2.33. The van der Waals surface area contributed by atoms with Crippen LogP contribution in [-0.4, -0.2) is 66.8 Å². The maximum Gasteiger partial charge on any atom is 0.305 e. The minimum Gasteiger partial charge on any atom is -0.481 e. The zero-order valence-corrected chi connectivity index (χ0v) is 21.5. The molecule has 1 aromatic rings. The average Bonchev–Trinajstić information content (AvgIpc) is 3.34. The lowest BCUT2D eigenvalue weighted by molar-refractivity contribution is -0.138. The van der Waals surface area contributed by atoms with Crippen molar-refractivity contribution in [3.63, 3.8) is 0 Å². The van der Waals surface area contributed by atoms with Crippen molar-refractivity contribution in [1.82, 2.24) is 15.5 Å². The van der Waals surface area contributed by atoms with Crippen LogP contribution in [0.4, 0.5) is 0 Å². The molecule has 0 radical (unpaired) electrons. The number of amides is 2. The summed E-state index contributed by atoms with van der Waals surface area (Å²) in [7, 11) is 0. The van der Waals surface area contributed by atoms with Crippen molar-refractivity contribution in [3.8, 4) is 11.5 Å². The van der Waals surface area contributed by atoms with Gasteiger partial charge in [0.15, 0.2) is 11.5 Å². The second-order valence-corrected chi connectivity index (χ2v) is 9.96. The molecule has 3 atom stereocenters. The normalized spacial score (nSPS) is 21.8. The zero-order valence-electron chi connectivity index (χ0n) is 20.7. The van der Waals surface area contributed by atoms with Gasteiger partial charge in [-0.2, -0.15) is 0 Å². The summed E-state index contributed by atoms with van der Waals surface area (Å²) < 4.78 is 10.7. The van der Waals surface area contributed by atoms with Crippen LogP contribution >= 0.6 is 12.4 Å². The quantitative estimate of drug-likeness (QED) is 0.431. The molecule has 3 N–H and O–H groups in total. The first-order valence-corrected chi connectivity index (χ1v) is 12.9. The summed E-state index contributed by atoms with van der Waals surface area (Å²) in [6.07, 6.45) is 6.22. The molecule has 3 heterocycles. The molecule has 0 aliphatic carbocycles. The topological polar surface area (TPSA) is 117 Å². The Balaban J connectivity index is 0.00000361. The van der Waals surface area contributed by atoms with Crippen molar-refractivity contribution < 1.29 is 29.0 Å². The summed E-state index contributed by atoms with van der Waals surface area (Å²) in [5.41, 5.74) is 1.00. The van der Waals surface area contributed by atoms with Gasteiger partial charge in [-0.05, 0) is 81.6 Å². The summed E-state index contributed by atoms with van der Waals surface area (Å²) in [6.45, 7) is 3.35. The lowest BCUT2D eigenvalue weighted by Gasteiger charge is -2.33. The van der Waals surface area contributed by atoms with Crippen LogP contribution in [0, 0.1) is 11.8 Å². The van der Waals surface area contributed by atoms with Gasteiger partial charge in [-0.25, -0.2) is 0 Å². The minimum atomic E-state index is -0.946. The number of likely N-dealkylation sites (tertiary alicyclic amines) is 1. The Labute approximate surface area is 218 Å². The van der Waals surface area contributed by atoms with E-state index in [9.17, 15) is 19.5 Å². The van der Waals surface area contributed by atoms with E-state index in [-0.39, 0.29) is 43.4 Å². The van der Waals surface area contributed by atoms with Crippen LogP contribution in [0.25, 0.3) is 0 Å². The molecule has 1 unspecified atom stereocenters. The van der Waals surface area contributed by atoms with Crippen LogP contribution in [0.2, 0.25) is 0 Å². The van der Waals surface area contributed by atoms with E-state index in [4.69, 9.17) is 9.47 Å². The van der Waals surface area contributed by atoms with Gasteiger partial charge in [-0.15, -0.1) is 12.4 Å². The van der Waals surface area contributed by atoms with Crippen LogP contribution in [0.5, 0.6) is 11.5 Å². The third-order valence-electron chi connectivity index (χ3n) is 7.30. The predicted octanol–water partition coefficient (Wildman–Crippen LogP) is 2.75. The standard InChI is InChI=1S/C26H37N3O6.ClH/c30-24(10-7-19-3-1-11-27-15-19)29-12-2-4-20(16-29)26(33)28-21(14-25(31)32)8-5-18-6-9-22-23(13-18)35-17-34-22;/h6,9,13,19-21,27H,1-5,7-8,10-12,14-17H2,(H,28,33)(H,31,32);1H/t19?,20-,21-;/m1./s1. The van der Waals surface area contributed by atoms with Gasteiger partial charge >= 0.3 is 5.97 Å². The molecule has 2 fully saturated rings. The highest BCUT2D eigenvalue weighted by molar-refractivity contribution is 5.85. The fourth-order valence-electron chi connectivity index (χ4n) is 5.27. The first-order chi connectivity index (χ1) is 17.0. The van der Waals surface area contributed by atoms with Gasteiger partial charge in [0, 0.05) is 25.6 Å². The summed E-state index contributed by atoms with van der Waals surface area (Å²) in [6, 6.07) is 5.20. The van der Waals surface area contributed by atoms with E-state index in [0.29, 0.717) is 56.2 Å². The van der Waals surface area contributed by atoms with Crippen LogP contribution in [0.3, 0.4) is 0 Å². The lowest BCUT2D eigenvalue weighted by atomic mass is 9.93. The number of hydrogen-bond acceptors (Lipinski definition) is 6. The number of ether oxygens (including phenoxy) is 2. The number of fused-ring (bicyclic) bond motifs is 1. The second kappa shape index (κ2) is 13.7. The van der Waals surface area contributed by atoms with E-state index in [0.717, 1.165) is 37.9 Å². The zero-order chi connectivity index (χ0) is 24.6. The first-order valence-electron chi connectivity index (χ1n) is 12.9. The van der Waals surface area contributed by atoms with Crippen molar-refractivity contribution in [2.24, 2.45) is 11.8 Å². The number of benzene rings is 1. The van der Waals surface area contributed by atoms with Gasteiger partial charge in [0.2, 0.25) is 18.6 Å². The summed E-state index contributed by atoms with van der Waals surface area (Å²) in [4.78, 5) is 39.1. The summed E-state index contributed by atoms with van der Waals surface area (Å²) in [5.74, 6) is 0.667. The Morgan fingerprint density at radius 1 is 1.17 bits per heavy atom. The van der Waals surface area contributed by atoms with E-state index in [1.807, 2.05) is 23.1 Å². The van der Waals surface area contributed by atoms with Crippen molar-refractivity contribution in [1.29, 1.82) is 0 Å². The molecule has 10 heteroatoms. The fourth-order valence-corrected chi connectivity index (χ4v) is 5.27. The smallest absolute Gasteiger partial charge is 0.305 e. The number of piperidine rings is 2. The molecular formula is C26H38ClN3O6.